The standard InChI is InChI=1S/C13H22N2O3S/c1-5-11(8-18-4)15-19(16,17)13-7-9(2)6-12(14)10(13)3/h6-7,11,15H,5,8,14H2,1-4H3. The molecular formula is C13H22N2O3S. The van der Waals surface area contributed by atoms with E-state index in [0.717, 1.165) is 5.56 Å². The molecule has 0 heterocycles. The molecule has 19 heavy (non-hydrogen) atoms. The van der Waals surface area contributed by atoms with Gasteiger partial charge in [0.2, 0.25) is 10.0 Å². The van der Waals surface area contributed by atoms with Crippen molar-refractivity contribution in [3.63, 3.8) is 0 Å². The number of benzene rings is 1. The van der Waals surface area contributed by atoms with E-state index in [2.05, 4.69) is 4.72 Å². The summed E-state index contributed by atoms with van der Waals surface area (Å²) < 4.78 is 32.4. The molecule has 5 nitrogen and oxygen atoms in total. The van der Waals surface area contributed by atoms with E-state index in [1.165, 1.54) is 0 Å². The topological polar surface area (TPSA) is 81.4 Å². The first-order valence-corrected chi connectivity index (χ1v) is 7.68. The molecule has 0 aromatic heterocycles. The van der Waals surface area contributed by atoms with E-state index in [1.807, 2.05) is 13.8 Å². The number of nitrogen functional groups attached to an aromatic ring is 1. The second kappa shape index (κ2) is 6.36. The van der Waals surface area contributed by atoms with E-state index in [1.54, 1.807) is 26.2 Å². The molecule has 0 aliphatic heterocycles. The van der Waals surface area contributed by atoms with Gasteiger partial charge in [-0.05, 0) is 43.5 Å². The maximum absolute atomic E-state index is 12.4. The number of aryl methyl sites for hydroxylation is 1. The Kier molecular flexibility index (Phi) is 5.34. The lowest BCUT2D eigenvalue weighted by Crippen LogP contribution is -2.37. The highest BCUT2D eigenvalue weighted by atomic mass is 32.2. The van der Waals surface area contributed by atoms with Gasteiger partial charge in [0, 0.05) is 18.8 Å². The number of methoxy groups -OCH3 is 1. The fraction of sp³-hybridized carbons (Fsp3) is 0.538. The number of ether oxygens (including phenoxy) is 1. The average molecular weight is 286 g/mol. The Balaban J connectivity index is 3.13. The molecule has 6 heteroatoms. The van der Waals surface area contributed by atoms with Gasteiger partial charge in [0.25, 0.3) is 0 Å². The minimum Gasteiger partial charge on any atom is -0.398 e. The molecule has 1 aromatic rings. The van der Waals surface area contributed by atoms with Crippen molar-refractivity contribution in [2.75, 3.05) is 19.5 Å². The average Bonchev–Trinajstić information content (AvgIpc) is 2.32. The first-order chi connectivity index (χ1) is 8.81. The molecule has 1 rings (SSSR count). The van der Waals surface area contributed by atoms with Crippen LogP contribution in [-0.4, -0.2) is 28.2 Å². The third kappa shape index (κ3) is 3.92. The minimum absolute atomic E-state index is 0.236. The first-order valence-electron chi connectivity index (χ1n) is 6.19. The second-order valence-electron chi connectivity index (χ2n) is 4.66. The first kappa shape index (κ1) is 15.9. The van der Waals surface area contributed by atoms with Crippen LogP contribution in [0, 0.1) is 13.8 Å². The Hall–Kier alpha value is -1.11. The Morgan fingerprint density at radius 2 is 2.00 bits per heavy atom. The predicted octanol–water partition coefficient (Wildman–Crippen LogP) is 1.59. The Bertz CT molecular complexity index is 541. The van der Waals surface area contributed by atoms with Crippen LogP contribution in [0.25, 0.3) is 0 Å². The number of sulfonamides is 1. The van der Waals surface area contributed by atoms with Crippen LogP contribution in [0.3, 0.4) is 0 Å². The zero-order valence-corrected chi connectivity index (χ0v) is 12.7. The van der Waals surface area contributed by atoms with Gasteiger partial charge in [-0.15, -0.1) is 0 Å². The van der Waals surface area contributed by atoms with Crippen LogP contribution in [0.2, 0.25) is 0 Å². The molecule has 0 spiro atoms. The summed E-state index contributed by atoms with van der Waals surface area (Å²) in [6.45, 7) is 5.78. The molecule has 3 N–H and O–H groups in total. The molecule has 0 aliphatic rings. The lowest BCUT2D eigenvalue weighted by atomic mass is 10.1. The van der Waals surface area contributed by atoms with Crippen LogP contribution in [0.1, 0.15) is 24.5 Å². The van der Waals surface area contributed by atoms with Crippen molar-refractivity contribution in [1.29, 1.82) is 0 Å². The van der Waals surface area contributed by atoms with E-state index >= 15 is 0 Å². The van der Waals surface area contributed by atoms with Crippen molar-refractivity contribution in [2.45, 2.75) is 38.1 Å². The molecule has 1 atom stereocenters. The van der Waals surface area contributed by atoms with Crippen LogP contribution in [0.15, 0.2) is 17.0 Å². The SMILES string of the molecule is CCC(COC)NS(=O)(=O)c1cc(C)cc(N)c1C. The number of hydrogen-bond donors (Lipinski definition) is 2. The van der Waals surface area contributed by atoms with Gasteiger partial charge >= 0.3 is 0 Å². The summed E-state index contributed by atoms with van der Waals surface area (Å²) in [4.78, 5) is 0.236. The van der Waals surface area contributed by atoms with Crippen molar-refractivity contribution in [3.8, 4) is 0 Å². The van der Waals surface area contributed by atoms with Gasteiger partial charge in [-0.1, -0.05) is 6.92 Å². The zero-order chi connectivity index (χ0) is 14.6. The van der Waals surface area contributed by atoms with Gasteiger partial charge in [-0.25, -0.2) is 13.1 Å². The number of nitrogens with two attached hydrogens (primary N) is 1. The lowest BCUT2D eigenvalue weighted by Gasteiger charge is -2.18. The number of nitrogens with one attached hydrogen (secondary N) is 1. The molecule has 108 valence electrons. The molecular weight excluding hydrogens is 264 g/mol. The van der Waals surface area contributed by atoms with E-state index in [-0.39, 0.29) is 10.9 Å². The third-order valence-electron chi connectivity index (χ3n) is 3.02. The molecule has 0 saturated carbocycles. The van der Waals surface area contributed by atoms with Crippen molar-refractivity contribution in [1.82, 2.24) is 4.72 Å². The van der Waals surface area contributed by atoms with Gasteiger partial charge in [0.05, 0.1) is 11.5 Å². The van der Waals surface area contributed by atoms with Crippen LogP contribution < -0.4 is 10.5 Å². The highest BCUT2D eigenvalue weighted by molar-refractivity contribution is 7.89. The quantitative estimate of drug-likeness (QED) is 0.778. The molecule has 0 aliphatic carbocycles. The Morgan fingerprint density at radius 3 is 2.53 bits per heavy atom. The maximum atomic E-state index is 12.4. The third-order valence-corrected chi connectivity index (χ3v) is 4.66. The Labute approximate surface area is 115 Å². The largest absolute Gasteiger partial charge is 0.398 e. The maximum Gasteiger partial charge on any atom is 0.241 e. The van der Waals surface area contributed by atoms with Crippen molar-refractivity contribution < 1.29 is 13.2 Å². The van der Waals surface area contributed by atoms with E-state index in [0.29, 0.717) is 24.3 Å². The van der Waals surface area contributed by atoms with E-state index in [9.17, 15) is 8.42 Å². The van der Waals surface area contributed by atoms with Gasteiger partial charge in [-0.2, -0.15) is 0 Å². The fourth-order valence-electron chi connectivity index (χ4n) is 1.85. The second-order valence-corrected chi connectivity index (χ2v) is 6.34. The zero-order valence-electron chi connectivity index (χ0n) is 11.9. The molecule has 1 unspecified atom stereocenters. The molecule has 0 saturated heterocycles. The highest BCUT2D eigenvalue weighted by Crippen LogP contribution is 2.23. The van der Waals surface area contributed by atoms with Crippen molar-refractivity contribution >= 4 is 15.7 Å². The van der Waals surface area contributed by atoms with Gasteiger partial charge < -0.3 is 10.5 Å². The molecule has 0 amide bonds. The number of hydrogen-bond acceptors (Lipinski definition) is 4. The molecule has 0 radical (unpaired) electrons. The normalized spacial score (nSPS) is 13.5. The summed E-state index contributed by atoms with van der Waals surface area (Å²) in [5, 5.41) is 0. The van der Waals surface area contributed by atoms with E-state index in [4.69, 9.17) is 10.5 Å². The summed E-state index contributed by atoms with van der Waals surface area (Å²) >= 11 is 0. The summed E-state index contributed by atoms with van der Waals surface area (Å²) in [5.74, 6) is 0. The molecule has 0 fully saturated rings. The Morgan fingerprint density at radius 1 is 1.37 bits per heavy atom. The monoisotopic (exact) mass is 286 g/mol. The summed E-state index contributed by atoms with van der Waals surface area (Å²) in [7, 11) is -2.03. The fourth-order valence-corrected chi connectivity index (χ4v) is 3.51. The summed E-state index contributed by atoms with van der Waals surface area (Å²) in [6.07, 6.45) is 0.660. The van der Waals surface area contributed by atoms with Gasteiger partial charge in [0.15, 0.2) is 0 Å². The van der Waals surface area contributed by atoms with Crippen LogP contribution >= 0.6 is 0 Å². The summed E-state index contributed by atoms with van der Waals surface area (Å²) in [5.41, 5.74) is 7.71. The summed E-state index contributed by atoms with van der Waals surface area (Å²) in [6, 6.07) is 3.16. The van der Waals surface area contributed by atoms with Crippen LogP contribution in [0.4, 0.5) is 5.69 Å². The number of anilines is 1. The predicted molar refractivity (Wildman–Crippen MR) is 76.6 cm³/mol. The smallest absolute Gasteiger partial charge is 0.241 e. The lowest BCUT2D eigenvalue weighted by molar-refractivity contribution is 0.173. The van der Waals surface area contributed by atoms with Crippen LogP contribution in [0.5, 0.6) is 0 Å². The van der Waals surface area contributed by atoms with Crippen molar-refractivity contribution in [3.05, 3.63) is 23.3 Å². The van der Waals surface area contributed by atoms with E-state index < -0.39 is 10.0 Å². The molecule has 1 aromatic carbocycles. The van der Waals surface area contributed by atoms with Crippen molar-refractivity contribution in [2.24, 2.45) is 0 Å². The molecule has 0 bridgehead atoms. The number of rotatable bonds is 6. The van der Waals surface area contributed by atoms with Gasteiger partial charge in [-0.3, -0.25) is 0 Å². The van der Waals surface area contributed by atoms with Crippen LogP contribution in [-0.2, 0) is 14.8 Å². The highest BCUT2D eigenvalue weighted by Gasteiger charge is 2.22. The minimum atomic E-state index is -3.58. The van der Waals surface area contributed by atoms with Gasteiger partial charge in [0.1, 0.15) is 0 Å².